The lowest BCUT2D eigenvalue weighted by Crippen LogP contribution is -2.14. The highest BCUT2D eigenvalue weighted by Gasteiger charge is 2.25. The largest absolute Gasteiger partial charge is 0.464 e. The Labute approximate surface area is 210 Å². The van der Waals surface area contributed by atoms with Gasteiger partial charge < -0.3 is 20.0 Å². The van der Waals surface area contributed by atoms with Gasteiger partial charge in [-0.3, -0.25) is 0 Å². The fourth-order valence-corrected chi connectivity index (χ4v) is 5.48. The Kier molecular flexibility index (Phi) is 6.15. The van der Waals surface area contributed by atoms with Crippen LogP contribution in [0.15, 0.2) is 54.7 Å². The summed E-state index contributed by atoms with van der Waals surface area (Å²) >= 11 is 0. The van der Waals surface area contributed by atoms with Crippen LogP contribution >= 0.6 is 0 Å². The lowest BCUT2D eigenvalue weighted by atomic mass is 10.0. The fourth-order valence-electron chi connectivity index (χ4n) is 5.48. The zero-order valence-electron chi connectivity index (χ0n) is 20.5. The topological polar surface area (TPSA) is 95.7 Å². The number of ether oxygens (including phenoxy) is 1. The molecular formula is C29H31N5O2. The molecule has 2 aromatic heterocycles. The molecule has 36 heavy (non-hydrogen) atoms. The first-order valence-electron chi connectivity index (χ1n) is 12.9. The number of aromatic amines is 2. The summed E-state index contributed by atoms with van der Waals surface area (Å²) in [5.41, 5.74) is 6.39. The number of hydrogen-bond acceptors (Lipinski definition) is 5. The van der Waals surface area contributed by atoms with Gasteiger partial charge in [-0.2, -0.15) is 0 Å². The molecule has 4 aromatic rings. The van der Waals surface area contributed by atoms with E-state index in [2.05, 4.69) is 56.7 Å². The smallest absolute Gasteiger partial charge is 0.356 e. The van der Waals surface area contributed by atoms with Gasteiger partial charge in [-0.1, -0.05) is 61.4 Å². The summed E-state index contributed by atoms with van der Waals surface area (Å²) < 4.78 is 5.02. The summed E-state index contributed by atoms with van der Waals surface area (Å²) in [5.74, 6) is 1.92. The van der Waals surface area contributed by atoms with Crippen LogP contribution in [0, 0.1) is 0 Å². The summed E-state index contributed by atoms with van der Waals surface area (Å²) in [7, 11) is 1.41. The van der Waals surface area contributed by atoms with Gasteiger partial charge in [0.25, 0.3) is 0 Å². The first-order valence-corrected chi connectivity index (χ1v) is 12.9. The predicted octanol–water partition coefficient (Wildman–Crippen LogP) is 6.00. The predicted molar refractivity (Wildman–Crippen MR) is 140 cm³/mol. The van der Waals surface area contributed by atoms with Gasteiger partial charge in [0, 0.05) is 11.5 Å². The van der Waals surface area contributed by atoms with Gasteiger partial charge in [0.2, 0.25) is 0 Å². The van der Waals surface area contributed by atoms with Gasteiger partial charge >= 0.3 is 5.97 Å². The number of carbonyl (C=O) groups is 1. The second-order valence-electron chi connectivity index (χ2n) is 9.80. The summed E-state index contributed by atoms with van der Waals surface area (Å²) in [6.07, 6.45) is 8.88. The highest BCUT2D eigenvalue weighted by Crippen LogP contribution is 2.35. The van der Waals surface area contributed by atoms with E-state index >= 15 is 0 Å². The summed E-state index contributed by atoms with van der Waals surface area (Å²) in [4.78, 5) is 28.6. The highest BCUT2D eigenvalue weighted by atomic mass is 16.5. The molecular weight excluding hydrogens is 450 g/mol. The first-order chi connectivity index (χ1) is 17.7. The SMILES string of the molecule is COC(=O)c1[nH]c(C2CCCC2)nc1-c1ccc(-c2ccc(-c3cnc([C@@H]4CCCN4)[nH]3)cc2)cc1. The fraction of sp³-hybridized carbons (Fsp3) is 0.345. The van der Waals surface area contributed by atoms with Crippen molar-refractivity contribution in [3.8, 4) is 33.6 Å². The minimum Gasteiger partial charge on any atom is -0.464 e. The number of H-pyrrole nitrogens is 2. The van der Waals surface area contributed by atoms with Crippen LogP contribution in [-0.4, -0.2) is 39.6 Å². The second-order valence-corrected chi connectivity index (χ2v) is 9.80. The second kappa shape index (κ2) is 9.74. The monoisotopic (exact) mass is 481 g/mol. The number of nitrogens with one attached hydrogen (secondary N) is 3. The Morgan fingerprint density at radius 1 is 0.833 bits per heavy atom. The van der Waals surface area contributed by atoms with Crippen molar-refractivity contribution in [1.82, 2.24) is 25.3 Å². The molecule has 0 spiro atoms. The third-order valence-corrected chi connectivity index (χ3v) is 7.53. The molecule has 7 heteroatoms. The number of aromatic nitrogens is 4. The van der Waals surface area contributed by atoms with Crippen molar-refractivity contribution in [1.29, 1.82) is 0 Å². The molecule has 3 N–H and O–H groups in total. The molecule has 0 amide bonds. The third kappa shape index (κ3) is 4.35. The van der Waals surface area contributed by atoms with Crippen molar-refractivity contribution in [2.75, 3.05) is 13.7 Å². The number of benzene rings is 2. The van der Waals surface area contributed by atoms with Gasteiger partial charge in [-0.15, -0.1) is 0 Å². The number of imidazole rings is 2. The molecule has 0 bridgehead atoms. The van der Waals surface area contributed by atoms with E-state index < -0.39 is 0 Å². The maximum Gasteiger partial charge on any atom is 0.356 e. The van der Waals surface area contributed by atoms with Crippen molar-refractivity contribution in [2.45, 2.75) is 50.5 Å². The van der Waals surface area contributed by atoms with E-state index in [1.54, 1.807) is 0 Å². The van der Waals surface area contributed by atoms with Crippen LogP contribution in [0.5, 0.6) is 0 Å². The number of esters is 1. The van der Waals surface area contributed by atoms with Crippen LogP contribution in [0.2, 0.25) is 0 Å². The van der Waals surface area contributed by atoms with E-state index in [0.717, 1.165) is 65.4 Å². The Morgan fingerprint density at radius 2 is 1.50 bits per heavy atom. The first kappa shape index (κ1) is 22.7. The Morgan fingerprint density at radius 3 is 2.14 bits per heavy atom. The molecule has 2 fully saturated rings. The molecule has 184 valence electrons. The standard InChI is InChI=1S/C29H31N5O2/c1-36-29(35)26-25(33-27(34-26)22-5-2-3-6-22)21-14-10-19(11-15-21)18-8-12-20(13-9-18)24-17-31-28(32-24)23-7-4-16-30-23/h8-15,17,22-23,30H,2-7,16H2,1H3,(H,31,32)(H,33,34)/t23-/m0/s1. The maximum absolute atomic E-state index is 12.4. The minimum absolute atomic E-state index is 0.333. The number of methoxy groups -OCH3 is 1. The molecule has 1 saturated carbocycles. The zero-order valence-corrected chi connectivity index (χ0v) is 20.5. The average Bonchev–Trinajstić information content (AvgIpc) is 3.74. The lowest BCUT2D eigenvalue weighted by Gasteiger charge is -2.07. The molecule has 1 atom stereocenters. The van der Waals surface area contributed by atoms with E-state index in [9.17, 15) is 4.79 Å². The summed E-state index contributed by atoms with van der Waals surface area (Å²) in [5, 5.41) is 3.49. The van der Waals surface area contributed by atoms with Crippen LogP contribution in [0.1, 0.15) is 72.6 Å². The van der Waals surface area contributed by atoms with Crippen LogP contribution in [0.4, 0.5) is 0 Å². The van der Waals surface area contributed by atoms with Gasteiger partial charge in [0.15, 0.2) is 5.69 Å². The Hall–Kier alpha value is -3.71. The number of rotatable bonds is 6. The average molecular weight is 482 g/mol. The maximum atomic E-state index is 12.4. The molecule has 0 radical (unpaired) electrons. The van der Waals surface area contributed by atoms with Crippen molar-refractivity contribution in [3.63, 3.8) is 0 Å². The van der Waals surface area contributed by atoms with Gasteiger partial charge in [-0.05, 0) is 48.9 Å². The van der Waals surface area contributed by atoms with Crippen LogP contribution in [-0.2, 0) is 4.74 Å². The number of carbonyl (C=O) groups excluding carboxylic acids is 1. The normalized spacial score (nSPS) is 18.1. The van der Waals surface area contributed by atoms with Crippen molar-refractivity contribution in [2.24, 2.45) is 0 Å². The van der Waals surface area contributed by atoms with Crippen molar-refractivity contribution < 1.29 is 9.53 Å². The molecule has 2 aliphatic rings. The van der Waals surface area contributed by atoms with Crippen LogP contribution in [0.25, 0.3) is 33.6 Å². The molecule has 6 rings (SSSR count). The zero-order chi connectivity index (χ0) is 24.5. The van der Waals surface area contributed by atoms with Crippen molar-refractivity contribution in [3.05, 3.63) is 72.1 Å². The van der Waals surface area contributed by atoms with E-state index in [1.165, 1.54) is 26.4 Å². The molecule has 1 aliphatic heterocycles. The van der Waals surface area contributed by atoms with Crippen LogP contribution < -0.4 is 5.32 Å². The molecule has 0 unspecified atom stereocenters. The van der Waals surface area contributed by atoms with Gasteiger partial charge in [-0.25, -0.2) is 14.8 Å². The Bertz CT molecular complexity index is 1340. The third-order valence-electron chi connectivity index (χ3n) is 7.53. The van der Waals surface area contributed by atoms with Crippen molar-refractivity contribution >= 4 is 5.97 Å². The van der Waals surface area contributed by atoms with Gasteiger partial charge in [0.05, 0.1) is 25.0 Å². The highest BCUT2D eigenvalue weighted by molar-refractivity contribution is 5.94. The quantitative estimate of drug-likeness (QED) is 0.294. The minimum atomic E-state index is -0.382. The number of hydrogen-bond donors (Lipinski definition) is 3. The van der Waals surface area contributed by atoms with E-state index in [-0.39, 0.29) is 5.97 Å². The van der Waals surface area contributed by atoms with Crippen LogP contribution in [0.3, 0.4) is 0 Å². The summed E-state index contributed by atoms with van der Waals surface area (Å²) in [6, 6.07) is 17.1. The molecule has 1 saturated heterocycles. The molecule has 3 heterocycles. The van der Waals surface area contributed by atoms with Gasteiger partial charge in [0.1, 0.15) is 17.3 Å². The lowest BCUT2D eigenvalue weighted by molar-refractivity contribution is 0.0595. The molecule has 7 nitrogen and oxygen atoms in total. The van der Waals surface area contributed by atoms with E-state index in [1.807, 2.05) is 18.3 Å². The van der Waals surface area contributed by atoms with E-state index in [4.69, 9.17) is 9.72 Å². The Balaban J connectivity index is 1.22. The molecule has 1 aliphatic carbocycles. The summed E-state index contributed by atoms with van der Waals surface area (Å²) in [6.45, 7) is 1.06. The number of nitrogens with zero attached hydrogens (tertiary/aromatic N) is 2. The van der Waals surface area contributed by atoms with E-state index in [0.29, 0.717) is 23.3 Å². The molecule has 2 aromatic carbocycles.